The average molecular weight is 499 g/mol. The van der Waals surface area contributed by atoms with Gasteiger partial charge in [0.2, 0.25) is 5.91 Å². The van der Waals surface area contributed by atoms with Crippen LogP contribution in [-0.4, -0.2) is 54.8 Å². The standard InChI is InChI=1S/C30H30N2O5/c1-19-11-12-22-24(16-19)30(35)32(29(22)34)14-7-10-27(33)31-15-13-21-17-25(36-2)26(37-3)18-23(21)28(31)20-8-5-4-6-9-20/h4-6,8-9,11-12,16-18,28H,7,10,13-15H2,1-3H3. The number of carbonyl (C=O) groups is 3. The summed E-state index contributed by atoms with van der Waals surface area (Å²) in [6, 6.07) is 18.9. The maximum Gasteiger partial charge on any atom is 0.261 e. The van der Waals surface area contributed by atoms with Crippen LogP contribution < -0.4 is 9.47 Å². The second kappa shape index (κ2) is 10.1. The molecule has 0 bridgehead atoms. The van der Waals surface area contributed by atoms with Gasteiger partial charge in [-0.3, -0.25) is 19.3 Å². The molecular weight excluding hydrogens is 468 g/mol. The van der Waals surface area contributed by atoms with Gasteiger partial charge in [0.25, 0.3) is 11.8 Å². The quantitative estimate of drug-likeness (QED) is 0.447. The normalized spacial score (nSPS) is 16.5. The molecule has 1 unspecified atom stereocenters. The van der Waals surface area contributed by atoms with Gasteiger partial charge < -0.3 is 14.4 Å². The van der Waals surface area contributed by atoms with Crippen molar-refractivity contribution in [3.63, 3.8) is 0 Å². The monoisotopic (exact) mass is 498 g/mol. The molecule has 5 rings (SSSR count). The Kier molecular flexibility index (Phi) is 6.70. The number of ether oxygens (including phenoxy) is 2. The molecule has 0 N–H and O–H groups in total. The Bertz CT molecular complexity index is 1370. The smallest absolute Gasteiger partial charge is 0.261 e. The summed E-state index contributed by atoms with van der Waals surface area (Å²) in [6.07, 6.45) is 1.33. The SMILES string of the molecule is COc1cc2c(cc1OC)C(c1ccccc1)N(C(=O)CCCN1C(=O)c3ccc(C)cc3C1=O)CC2. The second-order valence-electron chi connectivity index (χ2n) is 9.47. The molecule has 2 aliphatic rings. The Morgan fingerprint density at radius 2 is 1.62 bits per heavy atom. The lowest BCUT2D eigenvalue weighted by molar-refractivity contribution is -0.133. The fourth-order valence-electron chi connectivity index (χ4n) is 5.35. The number of fused-ring (bicyclic) bond motifs is 2. The van der Waals surface area contributed by atoms with Crippen molar-refractivity contribution in [1.82, 2.24) is 9.80 Å². The molecule has 7 heteroatoms. The third-order valence-electron chi connectivity index (χ3n) is 7.21. The minimum Gasteiger partial charge on any atom is -0.493 e. The largest absolute Gasteiger partial charge is 0.493 e. The van der Waals surface area contributed by atoms with Gasteiger partial charge in [-0.1, -0.05) is 42.0 Å². The molecule has 0 saturated carbocycles. The first kappa shape index (κ1) is 24.6. The van der Waals surface area contributed by atoms with Crippen LogP contribution in [0, 0.1) is 6.92 Å². The van der Waals surface area contributed by atoms with Gasteiger partial charge in [-0.2, -0.15) is 0 Å². The van der Waals surface area contributed by atoms with Crippen molar-refractivity contribution < 1.29 is 23.9 Å². The van der Waals surface area contributed by atoms with Crippen LogP contribution in [0.2, 0.25) is 0 Å². The van der Waals surface area contributed by atoms with Crippen LogP contribution in [0.25, 0.3) is 0 Å². The molecule has 2 heterocycles. The van der Waals surface area contributed by atoms with Crippen molar-refractivity contribution >= 4 is 17.7 Å². The molecule has 0 radical (unpaired) electrons. The minimum atomic E-state index is -0.289. The lowest BCUT2D eigenvalue weighted by Crippen LogP contribution is -2.41. The van der Waals surface area contributed by atoms with Crippen LogP contribution in [0.4, 0.5) is 0 Å². The molecule has 2 aliphatic heterocycles. The van der Waals surface area contributed by atoms with Crippen molar-refractivity contribution in [2.45, 2.75) is 32.2 Å². The van der Waals surface area contributed by atoms with E-state index < -0.39 is 0 Å². The van der Waals surface area contributed by atoms with Crippen molar-refractivity contribution in [1.29, 1.82) is 0 Å². The molecule has 3 aromatic rings. The highest BCUT2D eigenvalue weighted by molar-refractivity contribution is 6.21. The van der Waals surface area contributed by atoms with Crippen LogP contribution in [0.3, 0.4) is 0 Å². The number of benzene rings is 3. The van der Waals surface area contributed by atoms with Gasteiger partial charge in [-0.25, -0.2) is 0 Å². The molecule has 3 amide bonds. The van der Waals surface area contributed by atoms with Crippen LogP contribution in [0.15, 0.2) is 60.7 Å². The van der Waals surface area contributed by atoms with Gasteiger partial charge >= 0.3 is 0 Å². The summed E-state index contributed by atoms with van der Waals surface area (Å²) in [4.78, 5) is 42.3. The number of rotatable bonds is 7. The molecule has 0 aromatic heterocycles. The van der Waals surface area contributed by atoms with Gasteiger partial charge in [-0.15, -0.1) is 0 Å². The van der Waals surface area contributed by atoms with E-state index >= 15 is 0 Å². The summed E-state index contributed by atoms with van der Waals surface area (Å²) >= 11 is 0. The molecule has 3 aromatic carbocycles. The average Bonchev–Trinajstić information content (AvgIpc) is 3.15. The van der Waals surface area contributed by atoms with Crippen molar-refractivity contribution in [3.8, 4) is 11.5 Å². The van der Waals surface area contributed by atoms with E-state index in [1.54, 1.807) is 26.4 Å². The Hall–Kier alpha value is -4.13. The summed E-state index contributed by atoms with van der Waals surface area (Å²) in [5.74, 6) is 0.705. The summed E-state index contributed by atoms with van der Waals surface area (Å²) in [5.41, 5.74) is 4.96. The lowest BCUT2D eigenvalue weighted by atomic mass is 9.87. The Balaban J connectivity index is 1.35. The third-order valence-corrected chi connectivity index (χ3v) is 7.21. The van der Waals surface area contributed by atoms with Gasteiger partial charge in [0.05, 0.1) is 31.4 Å². The highest BCUT2D eigenvalue weighted by Gasteiger charge is 2.36. The van der Waals surface area contributed by atoms with Crippen molar-refractivity contribution in [3.05, 3.63) is 94.0 Å². The highest BCUT2D eigenvalue weighted by Crippen LogP contribution is 2.41. The molecule has 0 aliphatic carbocycles. The highest BCUT2D eigenvalue weighted by atomic mass is 16.5. The number of amides is 3. The predicted molar refractivity (Wildman–Crippen MR) is 139 cm³/mol. The van der Waals surface area contributed by atoms with Gasteiger partial charge in [0.1, 0.15) is 0 Å². The molecule has 0 spiro atoms. The van der Waals surface area contributed by atoms with Gasteiger partial charge in [-0.05, 0) is 60.7 Å². The molecule has 37 heavy (non-hydrogen) atoms. The fraction of sp³-hybridized carbons (Fsp3) is 0.300. The molecule has 1 atom stereocenters. The molecular formula is C30H30N2O5. The lowest BCUT2D eigenvalue weighted by Gasteiger charge is -2.38. The van der Waals surface area contributed by atoms with Crippen LogP contribution in [0.5, 0.6) is 11.5 Å². The van der Waals surface area contributed by atoms with E-state index in [2.05, 4.69) is 0 Å². The topological polar surface area (TPSA) is 76.2 Å². The predicted octanol–water partition coefficient (Wildman–Crippen LogP) is 4.56. The molecule has 190 valence electrons. The van der Waals surface area contributed by atoms with Gasteiger partial charge in [0.15, 0.2) is 11.5 Å². The number of nitrogens with zero attached hydrogens (tertiary/aromatic N) is 2. The van der Waals surface area contributed by atoms with Crippen LogP contribution in [0.1, 0.15) is 61.9 Å². The summed E-state index contributed by atoms with van der Waals surface area (Å²) in [6.45, 7) is 2.67. The van der Waals surface area contributed by atoms with Crippen molar-refractivity contribution in [2.75, 3.05) is 27.3 Å². The maximum atomic E-state index is 13.6. The molecule has 0 saturated heterocycles. The first-order chi connectivity index (χ1) is 17.9. The van der Waals surface area contributed by atoms with Crippen molar-refractivity contribution in [2.24, 2.45) is 0 Å². The second-order valence-corrected chi connectivity index (χ2v) is 9.47. The zero-order valence-electron chi connectivity index (χ0n) is 21.3. The van der Waals surface area contributed by atoms with E-state index in [1.165, 1.54) is 4.90 Å². The van der Waals surface area contributed by atoms with E-state index in [1.807, 2.05) is 60.4 Å². The van der Waals surface area contributed by atoms with Crippen LogP contribution >= 0.6 is 0 Å². The Morgan fingerprint density at radius 1 is 0.919 bits per heavy atom. The number of carbonyl (C=O) groups excluding carboxylic acids is 3. The van der Waals surface area contributed by atoms with E-state index in [9.17, 15) is 14.4 Å². The zero-order chi connectivity index (χ0) is 26.1. The fourth-order valence-corrected chi connectivity index (χ4v) is 5.35. The Morgan fingerprint density at radius 3 is 2.35 bits per heavy atom. The van der Waals surface area contributed by atoms with Gasteiger partial charge in [0, 0.05) is 19.5 Å². The summed E-state index contributed by atoms with van der Waals surface area (Å²) in [7, 11) is 3.22. The number of hydrogen-bond acceptors (Lipinski definition) is 5. The third kappa shape index (κ3) is 4.46. The minimum absolute atomic E-state index is 0.0123. The van der Waals surface area contributed by atoms with E-state index in [-0.39, 0.29) is 36.7 Å². The number of imide groups is 1. The number of hydrogen-bond donors (Lipinski definition) is 0. The summed E-state index contributed by atoms with van der Waals surface area (Å²) < 4.78 is 11.1. The zero-order valence-corrected chi connectivity index (χ0v) is 21.3. The van der Waals surface area contributed by atoms with Crippen LogP contribution in [-0.2, 0) is 11.2 Å². The first-order valence-corrected chi connectivity index (χ1v) is 12.5. The number of methoxy groups -OCH3 is 2. The first-order valence-electron chi connectivity index (χ1n) is 12.5. The number of aryl methyl sites for hydroxylation is 1. The Labute approximate surface area is 216 Å². The maximum absolute atomic E-state index is 13.6. The molecule has 0 fully saturated rings. The summed E-state index contributed by atoms with van der Waals surface area (Å²) in [5, 5.41) is 0. The molecule has 7 nitrogen and oxygen atoms in total. The van der Waals surface area contributed by atoms with E-state index in [0.717, 1.165) is 22.3 Å². The van der Waals surface area contributed by atoms with E-state index in [4.69, 9.17) is 9.47 Å². The van der Waals surface area contributed by atoms with E-state index in [0.29, 0.717) is 42.0 Å².